The summed E-state index contributed by atoms with van der Waals surface area (Å²) in [5.41, 5.74) is 2.05. The minimum Gasteiger partial charge on any atom is -0.492 e. The molecule has 3 heteroatoms. The number of aromatic nitrogens is 2. The van der Waals surface area contributed by atoms with E-state index in [1.54, 1.807) is 0 Å². The molecule has 0 radical (unpaired) electrons. The lowest BCUT2D eigenvalue weighted by Crippen LogP contribution is -2.24. The second-order valence-electron chi connectivity index (χ2n) is 6.77. The van der Waals surface area contributed by atoms with Gasteiger partial charge >= 0.3 is 0 Å². The minimum atomic E-state index is -0.0846. The van der Waals surface area contributed by atoms with Gasteiger partial charge in [0.05, 0.1) is 5.69 Å². The van der Waals surface area contributed by atoms with Gasteiger partial charge in [-0.2, -0.15) is 0 Å². The van der Waals surface area contributed by atoms with Gasteiger partial charge in [-0.3, -0.25) is 4.68 Å². The van der Waals surface area contributed by atoms with Crippen LogP contribution in [0.25, 0.3) is 0 Å². The molecule has 0 saturated carbocycles. The standard InChI is InChI=1S/C14H26N2O/c1-8-9-16-11(14(5,6)7)10(12(17)15-16)13(2,3)4/h8-9H2,1-7H3,(H,15,17). The van der Waals surface area contributed by atoms with Crippen LogP contribution in [0.3, 0.4) is 0 Å². The third kappa shape index (κ3) is 2.82. The van der Waals surface area contributed by atoms with Crippen LogP contribution in [0.1, 0.15) is 66.1 Å². The fourth-order valence-corrected chi connectivity index (χ4v) is 2.28. The molecule has 0 spiro atoms. The Morgan fingerprint density at radius 3 is 1.94 bits per heavy atom. The summed E-state index contributed by atoms with van der Waals surface area (Å²) in [5, 5.41) is 14.4. The first kappa shape index (κ1) is 14.1. The van der Waals surface area contributed by atoms with Gasteiger partial charge in [-0.1, -0.05) is 48.5 Å². The highest BCUT2D eigenvalue weighted by Gasteiger charge is 2.33. The quantitative estimate of drug-likeness (QED) is 0.855. The van der Waals surface area contributed by atoms with Crippen molar-refractivity contribution in [2.45, 2.75) is 72.3 Å². The molecule has 0 bridgehead atoms. The molecule has 1 N–H and O–H groups in total. The summed E-state index contributed by atoms with van der Waals surface area (Å²) in [5.74, 6) is 0.191. The van der Waals surface area contributed by atoms with Gasteiger partial charge in [0.2, 0.25) is 5.88 Å². The summed E-state index contributed by atoms with van der Waals surface area (Å²) in [6.07, 6.45) is 1.02. The molecule has 1 aromatic heterocycles. The number of hydrogen-bond acceptors (Lipinski definition) is 2. The molecule has 0 aliphatic rings. The van der Waals surface area contributed by atoms with Crippen molar-refractivity contribution in [1.29, 1.82) is 0 Å². The van der Waals surface area contributed by atoms with Crippen LogP contribution in [-0.2, 0) is 17.4 Å². The van der Waals surface area contributed by atoms with Crippen molar-refractivity contribution in [3.8, 4) is 5.88 Å². The summed E-state index contributed by atoms with van der Waals surface area (Å²) in [7, 11) is 0. The predicted octanol–water partition coefficient (Wildman–Crippen LogP) is 3.59. The Bertz CT molecular complexity index is 392. The van der Waals surface area contributed by atoms with E-state index < -0.39 is 0 Å². The first-order valence-corrected chi connectivity index (χ1v) is 6.39. The average molecular weight is 238 g/mol. The predicted molar refractivity (Wildman–Crippen MR) is 71.6 cm³/mol. The summed E-state index contributed by atoms with van der Waals surface area (Å²) in [4.78, 5) is 0. The Hall–Kier alpha value is -0.990. The van der Waals surface area contributed by atoms with Crippen LogP contribution in [0, 0.1) is 0 Å². The zero-order valence-corrected chi connectivity index (χ0v) is 12.3. The monoisotopic (exact) mass is 238 g/mol. The first-order valence-electron chi connectivity index (χ1n) is 6.39. The van der Waals surface area contributed by atoms with Crippen molar-refractivity contribution >= 4 is 0 Å². The van der Waals surface area contributed by atoms with Crippen molar-refractivity contribution < 1.29 is 5.11 Å². The molecule has 0 aliphatic carbocycles. The van der Waals surface area contributed by atoms with Crippen LogP contribution in [0.4, 0.5) is 0 Å². The highest BCUT2D eigenvalue weighted by Crippen LogP contribution is 2.39. The van der Waals surface area contributed by atoms with Crippen molar-refractivity contribution in [1.82, 2.24) is 9.78 Å². The molecule has 98 valence electrons. The molecule has 3 nitrogen and oxygen atoms in total. The number of hydrogen-bond donors (Lipinski definition) is 1. The Morgan fingerprint density at radius 2 is 1.59 bits per heavy atom. The smallest absolute Gasteiger partial charge is 0.234 e. The molecule has 0 atom stereocenters. The maximum atomic E-state index is 10.1. The molecule has 1 aromatic rings. The van der Waals surface area contributed by atoms with E-state index in [1.165, 1.54) is 0 Å². The first-order chi connectivity index (χ1) is 7.59. The van der Waals surface area contributed by atoms with E-state index in [2.05, 4.69) is 53.6 Å². The Morgan fingerprint density at radius 1 is 1.06 bits per heavy atom. The van der Waals surface area contributed by atoms with Gasteiger partial charge in [0.25, 0.3) is 0 Å². The van der Waals surface area contributed by atoms with Crippen LogP contribution in [-0.4, -0.2) is 14.9 Å². The number of aryl methyl sites for hydroxylation is 1. The molecular formula is C14H26N2O. The van der Waals surface area contributed by atoms with E-state index in [9.17, 15) is 5.11 Å². The molecule has 17 heavy (non-hydrogen) atoms. The van der Waals surface area contributed by atoms with Crippen LogP contribution in [0.5, 0.6) is 5.88 Å². The van der Waals surface area contributed by atoms with Crippen LogP contribution in [0.15, 0.2) is 0 Å². The fraction of sp³-hybridized carbons (Fsp3) is 0.786. The number of aromatic hydroxyl groups is 1. The summed E-state index contributed by atoms with van der Waals surface area (Å²) in [6, 6.07) is 0. The van der Waals surface area contributed by atoms with Crippen LogP contribution >= 0.6 is 0 Å². The number of nitrogens with zero attached hydrogens (tertiary/aromatic N) is 2. The van der Waals surface area contributed by atoms with Crippen molar-refractivity contribution in [2.75, 3.05) is 0 Å². The highest BCUT2D eigenvalue weighted by molar-refractivity contribution is 5.40. The van der Waals surface area contributed by atoms with E-state index >= 15 is 0 Å². The lowest BCUT2D eigenvalue weighted by Gasteiger charge is -2.27. The van der Waals surface area contributed by atoms with E-state index in [0.717, 1.165) is 24.2 Å². The number of rotatable bonds is 2. The van der Waals surface area contributed by atoms with Gasteiger partial charge in [-0.15, -0.1) is 5.10 Å². The molecule has 0 saturated heterocycles. The van der Waals surface area contributed by atoms with Gasteiger partial charge in [0.1, 0.15) is 0 Å². The molecule has 0 aliphatic heterocycles. The third-order valence-corrected chi connectivity index (χ3v) is 2.83. The summed E-state index contributed by atoms with van der Waals surface area (Å²) >= 11 is 0. The fourth-order valence-electron chi connectivity index (χ4n) is 2.28. The molecule has 0 fully saturated rings. The van der Waals surface area contributed by atoms with Gasteiger partial charge in [-0.05, 0) is 11.8 Å². The van der Waals surface area contributed by atoms with Crippen molar-refractivity contribution in [2.24, 2.45) is 0 Å². The maximum Gasteiger partial charge on any atom is 0.234 e. The third-order valence-electron chi connectivity index (χ3n) is 2.83. The summed E-state index contributed by atoms with van der Waals surface area (Å²) < 4.78 is 1.97. The normalized spacial score (nSPS) is 13.1. The molecule has 0 amide bonds. The summed E-state index contributed by atoms with van der Waals surface area (Å²) in [6.45, 7) is 15.9. The molecule has 1 heterocycles. The zero-order chi connectivity index (χ0) is 13.4. The molecule has 1 rings (SSSR count). The second kappa shape index (κ2) is 4.35. The van der Waals surface area contributed by atoms with E-state index in [1.807, 2.05) is 4.68 Å². The Balaban J connectivity index is 3.49. The van der Waals surface area contributed by atoms with Gasteiger partial charge < -0.3 is 5.11 Å². The van der Waals surface area contributed by atoms with E-state index in [-0.39, 0.29) is 16.7 Å². The second-order valence-corrected chi connectivity index (χ2v) is 6.77. The van der Waals surface area contributed by atoms with Crippen LogP contribution in [0.2, 0.25) is 0 Å². The average Bonchev–Trinajstić information content (AvgIpc) is 2.41. The molecule has 0 unspecified atom stereocenters. The zero-order valence-electron chi connectivity index (χ0n) is 12.3. The largest absolute Gasteiger partial charge is 0.492 e. The SMILES string of the molecule is CCCn1nc(O)c(C(C)(C)C)c1C(C)(C)C. The van der Waals surface area contributed by atoms with E-state index in [4.69, 9.17) is 0 Å². The van der Waals surface area contributed by atoms with Gasteiger partial charge in [0, 0.05) is 17.5 Å². The van der Waals surface area contributed by atoms with Crippen LogP contribution < -0.4 is 0 Å². The Kier molecular flexibility index (Phi) is 3.60. The molecular weight excluding hydrogens is 212 g/mol. The Labute approximate surface area is 105 Å². The molecule has 0 aromatic carbocycles. The van der Waals surface area contributed by atoms with Crippen molar-refractivity contribution in [3.05, 3.63) is 11.3 Å². The van der Waals surface area contributed by atoms with Gasteiger partial charge in [0.15, 0.2) is 0 Å². The topological polar surface area (TPSA) is 38.0 Å². The highest BCUT2D eigenvalue weighted by atomic mass is 16.3. The lowest BCUT2D eigenvalue weighted by molar-refractivity contribution is 0.420. The van der Waals surface area contributed by atoms with E-state index in [0.29, 0.717) is 0 Å². The minimum absolute atomic E-state index is 0.00817. The van der Waals surface area contributed by atoms with Crippen molar-refractivity contribution in [3.63, 3.8) is 0 Å². The van der Waals surface area contributed by atoms with Gasteiger partial charge in [-0.25, -0.2) is 0 Å². The lowest BCUT2D eigenvalue weighted by atomic mass is 9.79. The maximum absolute atomic E-state index is 10.1.